The smallest absolute Gasteiger partial charge is 0.295 e. The Labute approximate surface area is 180 Å². The number of ether oxygens (including phenoxy) is 3. The zero-order chi connectivity index (χ0) is 22.9. The van der Waals surface area contributed by atoms with Gasteiger partial charge in [0, 0.05) is 26.4 Å². The Kier molecular flexibility index (Phi) is 6.35. The lowest BCUT2D eigenvalue weighted by molar-refractivity contribution is -0.140. The van der Waals surface area contributed by atoms with Gasteiger partial charge in [-0.05, 0) is 31.5 Å². The van der Waals surface area contributed by atoms with Gasteiger partial charge in [-0.3, -0.25) is 14.3 Å². The molecule has 1 aliphatic heterocycles. The standard InChI is InChI=1S/C22H27N3O6/c1-12-17(13(2)24(3)23-12)20(26)18-19(25(9-10-29-4)22(28)21(18)27)14-7-8-15(30-5)16(11-14)31-6/h7-8,11,19,26H,9-10H2,1-6H3/b20-18+. The third-order valence-corrected chi connectivity index (χ3v) is 5.55. The third kappa shape index (κ3) is 3.76. The number of methoxy groups -OCH3 is 3. The van der Waals surface area contributed by atoms with Crippen LogP contribution in [0.2, 0.25) is 0 Å². The summed E-state index contributed by atoms with van der Waals surface area (Å²) in [6.07, 6.45) is 0. The van der Waals surface area contributed by atoms with Crippen molar-refractivity contribution in [1.82, 2.24) is 14.7 Å². The number of aliphatic hydroxyl groups is 1. The Balaban J connectivity index is 2.25. The number of ketones is 1. The molecule has 1 aliphatic rings. The molecule has 1 fully saturated rings. The summed E-state index contributed by atoms with van der Waals surface area (Å²) in [6.45, 7) is 3.96. The number of aromatic nitrogens is 2. The quantitative estimate of drug-likeness (QED) is 0.408. The van der Waals surface area contributed by atoms with E-state index in [1.807, 2.05) is 0 Å². The van der Waals surface area contributed by atoms with E-state index in [9.17, 15) is 14.7 Å². The van der Waals surface area contributed by atoms with Crippen molar-refractivity contribution in [1.29, 1.82) is 0 Å². The van der Waals surface area contributed by atoms with Gasteiger partial charge >= 0.3 is 0 Å². The van der Waals surface area contributed by atoms with E-state index >= 15 is 0 Å². The summed E-state index contributed by atoms with van der Waals surface area (Å²) in [5.41, 5.74) is 2.30. The minimum atomic E-state index is -0.811. The molecule has 1 aromatic carbocycles. The minimum absolute atomic E-state index is 0.00697. The van der Waals surface area contributed by atoms with E-state index in [-0.39, 0.29) is 24.5 Å². The zero-order valence-corrected chi connectivity index (χ0v) is 18.6. The molecule has 1 unspecified atom stereocenters. The average molecular weight is 429 g/mol. The van der Waals surface area contributed by atoms with Crippen molar-refractivity contribution in [2.24, 2.45) is 7.05 Å². The number of carbonyl (C=O) groups is 2. The molecular formula is C22H27N3O6. The van der Waals surface area contributed by atoms with Gasteiger partial charge in [-0.25, -0.2) is 0 Å². The molecule has 1 amide bonds. The first-order chi connectivity index (χ1) is 14.8. The maximum Gasteiger partial charge on any atom is 0.295 e. The van der Waals surface area contributed by atoms with Crippen LogP contribution in [0.15, 0.2) is 23.8 Å². The highest BCUT2D eigenvalue weighted by Gasteiger charge is 2.46. The zero-order valence-electron chi connectivity index (χ0n) is 18.6. The van der Waals surface area contributed by atoms with E-state index in [1.165, 1.54) is 26.2 Å². The maximum absolute atomic E-state index is 13.1. The highest BCUT2D eigenvalue weighted by atomic mass is 16.5. The van der Waals surface area contributed by atoms with Crippen molar-refractivity contribution in [2.45, 2.75) is 19.9 Å². The number of likely N-dealkylation sites (tertiary alicyclic amines) is 1. The number of aliphatic hydroxyl groups excluding tert-OH is 1. The normalized spacial score (nSPS) is 18.0. The first-order valence-electron chi connectivity index (χ1n) is 9.76. The summed E-state index contributed by atoms with van der Waals surface area (Å²) in [6, 6.07) is 4.33. The minimum Gasteiger partial charge on any atom is -0.507 e. The van der Waals surface area contributed by atoms with Crippen molar-refractivity contribution in [3.05, 3.63) is 46.3 Å². The lowest BCUT2D eigenvalue weighted by Gasteiger charge is -2.25. The molecule has 31 heavy (non-hydrogen) atoms. The first kappa shape index (κ1) is 22.4. The van der Waals surface area contributed by atoms with Gasteiger partial charge in [-0.1, -0.05) is 6.07 Å². The molecule has 2 aromatic rings. The molecule has 0 spiro atoms. The fraction of sp³-hybridized carbons (Fsp3) is 0.409. The van der Waals surface area contributed by atoms with E-state index in [4.69, 9.17) is 14.2 Å². The van der Waals surface area contributed by atoms with Gasteiger partial charge in [0.25, 0.3) is 11.7 Å². The largest absolute Gasteiger partial charge is 0.507 e. The molecule has 1 aromatic heterocycles. The number of rotatable bonds is 7. The van der Waals surface area contributed by atoms with Crippen molar-refractivity contribution in [3.8, 4) is 11.5 Å². The summed E-state index contributed by atoms with van der Waals surface area (Å²) >= 11 is 0. The van der Waals surface area contributed by atoms with E-state index in [1.54, 1.807) is 43.8 Å². The topological polar surface area (TPSA) is 103 Å². The van der Waals surface area contributed by atoms with Crippen LogP contribution >= 0.6 is 0 Å². The van der Waals surface area contributed by atoms with Crippen molar-refractivity contribution < 1.29 is 28.9 Å². The summed E-state index contributed by atoms with van der Waals surface area (Å²) in [5.74, 6) is -0.736. The van der Waals surface area contributed by atoms with Crippen LogP contribution in [0.5, 0.6) is 11.5 Å². The Morgan fingerprint density at radius 1 is 1.13 bits per heavy atom. The predicted octanol–water partition coefficient (Wildman–Crippen LogP) is 2.12. The Hall–Kier alpha value is -3.33. The summed E-state index contributed by atoms with van der Waals surface area (Å²) in [5, 5.41) is 15.5. The van der Waals surface area contributed by atoms with Gasteiger partial charge in [0.1, 0.15) is 5.76 Å². The molecule has 2 heterocycles. The van der Waals surface area contributed by atoms with Crippen molar-refractivity contribution in [2.75, 3.05) is 34.5 Å². The number of amides is 1. The van der Waals surface area contributed by atoms with Crippen LogP contribution in [0.3, 0.4) is 0 Å². The summed E-state index contributed by atoms with van der Waals surface area (Å²) < 4.78 is 17.5. The Bertz CT molecular complexity index is 1060. The molecule has 0 saturated carbocycles. The van der Waals surface area contributed by atoms with Gasteiger partial charge in [0.15, 0.2) is 11.5 Å². The van der Waals surface area contributed by atoms with Gasteiger partial charge in [-0.15, -0.1) is 0 Å². The van der Waals surface area contributed by atoms with E-state index in [2.05, 4.69) is 5.10 Å². The monoisotopic (exact) mass is 429 g/mol. The molecule has 0 aliphatic carbocycles. The molecular weight excluding hydrogens is 402 g/mol. The fourth-order valence-electron chi connectivity index (χ4n) is 3.92. The molecule has 3 rings (SSSR count). The molecule has 166 valence electrons. The molecule has 1 N–H and O–H groups in total. The maximum atomic E-state index is 13.1. The number of carbonyl (C=O) groups excluding carboxylic acids is 2. The number of hydrogen-bond acceptors (Lipinski definition) is 7. The van der Waals surface area contributed by atoms with Crippen LogP contribution in [-0.2, 0) is 21.4 Å². The number of nitrogens with zero attached hydrogens (tertiary/aromatic N) is 3. The second kappa shape index (κ2) is 8.81. The van der Waals surface area contributed by atoms with Crippen LogP contribution in [0.4, 0.5) is 0 Å². The molecule has 9 heteroatoms. The van der Waals surface area contributed by atoms with Crippen LogP contribution in [-0.4, -0.2) is 66.0 Å². The molecule has 1 saturated heterocycles. The first-order valence-corrected chi connectivity index (χ1v) is 9.76. The van der Waals surface area contributed by atoms with Crippen LogP contribution < -0.4 is 9.47 Å². The van der Waals surface area contributed by atoms with Crippen molar-refractivity contribution >= 4 is 17.4 Å². The predicted molar refractivity (Wildman–Crippen MR) is 113 cm³/mol. The highest BCUT2D eigenvalue weighted by Crippen LogP contribution is 2.42. The van der Waals surface area contributed by atoms with Gasteiger partial charge in [-0.2, -0.15) is 5.10 Å². The van der Waals surface area contributed by atoms with E-state index in [0.29, 0.717) is 34.0 Å². The van der Waals surface area contributed by atoms with E-state index in [0.717, 1.165) is 0 Å². The number of Topliss-reactive ketones (excluding diaryl/α,β-unsaturated/α-hetero) is 1. The summed E-state index contributed by atoms with van der Waals surface area (Å²) in [4.78, 5) is 27.3. The highest BCUT2D eigenvalue weighted by molar-refractivity contribution is 6.46. The number of hydrogen-bond donors (Lipinski definition) is 1. The van der Waals surface area contributed by atoms with Gasteiger partial charge in [0.05, 0.1) is 43.7 Å². The third-order valence-electron chi connectivity index (χ3n) is 5.55. The van der Waals surface area contributed by atoms with Gasteiger partial charge < -0.3 is 24.2 Å². The molecule has 9 nitrogen and oxygen atoms in total. The fourth-order valence-corrected chi connectivity index (χ4v) is 3.92. The Morgan fingerprint density at radius 2 is 1.81 bits per heavy atom. The SMILES string of the molecule is COCCN1C(=O)C(=O)/C(=C(/O)c2c(C)nn(C)c2C)C1c1ccc(OC)c(OC)c1. The Morgan fingerprint density at radius 3 is 2.35 bits per heavy atom. The van der Waals surface area contributed by atoms with Crippen LogP contribution in [0, 0.1) is 13.8 Å². The molecule has 0 radical (unpaired) electrons. The van der Waals surface area contributed by atoms with Gasteiger partial charge in [0.2, 0.25) is 0 Å². The lowest BCUT2D eigenvalue weighted by Crippen LogP contribution is -2.32. The van der Waals surface area contributed by atoms with E-state index < -0.39 is 17.7 Å². The number of aryl methyl sites for hydroxylation is 2. The van der Waals surface area contributed by atoms with Crippen molar-refractivity contribution in [3.63, 3.8) is 0 Å². The number of benzene rings is 1. The second-order valence-electron chi connectivity index (χ2n) is 7.27. The molecule has 1 atom stereocenters. The van der Waals surface area contributed by atoms with Crippen LogP contribution in [0.1, 0.15) is 28.6 Å². The molecule has 0 bridgehead atoms. The second-order valence-corrected chi connectivity index (χ2v) is 7.27. The lowest BCUT2D eigenvalue weighted by atomic mass is 9.94. The average Bonchev–Trinajstić information content (AvgIpc) is 3.16. The van der Waals surface area contributed by atoms with Crippen LogP contribution in [0.25, 0.3) is 5.76 Å². The summed E-state index contributed by atoms with van der Waals surface area (Å²) in [7, 11) is 6.30.